The van der Waals surface area contributed by atoms with E-state index in [0.717, 1.165) is 54.9 Å². The van der Waals surface area contributed by atoms with Gasteiger partial charge in [-0.25, -0.2) is 8.78 Å². The van der Waals surface area contributed by atoms with E-state index >= 15 is 4.39 Å². The highest BCUT2D eigenvalue weighted by Gasteiger charge is 2.29. The highest BCUT2D eigenvalue weighted by molar-refractivity contribution is 5.79. The van der Waals surface area contributed by atoms with Gasteiger partial charge in [0.15, 0.2) is 11.6 Å². The Kier molecular flexibility index (Phi) is 7.15. The van der Waals surface area contributed by atoms with E-state index in [1.54, 1.807) is 12.1 Å². The van der Waals surface area contributed by atoms with Crippen LogP contribution in [-0.2, 0) is 12.8 Å². The molecule has 0 unspecified atom stereocenters. The van der Waals surface area contributed by atoms with Gasteiger partial charge in [0.1, 0.15) is 5.82 Å². The van der Waals surface area contributed by atoms with Gasteiger partial charge in [-0.15, -0.1) is 0 Å². The molecule has 0 amide bonds. The zero-order chi connectivity index (χ0) is 24.3. The lowest BCUT2D eigenvalue weighted by molar-refractivity contribution is 0.279. The fourth-order valence-electron chi connectivity index (χ4n) is 4.54. The molecule has 3 heterocycles. The van der Waals surface area contributed by atoms with Crippen LogP contribution < -0.4 is 9.64 Å². The maximum atomic E-state index is 15.0. The minimum absolute atomic E-state index is 0.114. The molecule has 1 aliphatic heterocycles. The maximum absolute atomic E-state index is 15.0. The standard InChI is InChI=1S/C28H33F2N3O/c1-5-22-19(2)31-17-23(27(22)33-13-11-28(3,4)12-14-33)25-16-24(30)26(18-32-25)34-15-10-20-6-8-21(29)9-7-20/h6-9,16-18H,5,10-15H2,1-4H3. The fraction of sp³-hybridized carbons (Fsp3) is 0.429. The minimum Gasteiger partial charge on any atom is -0.489 e. The molecule has 0 aliphatic carbocycles. The molecule has 0 N–H and O–H groups in total. The number of rotatable bonds is 7. The van der Waals surface area contributed by atoms with Gasteiger partial charge < -0.3 is 9.64 Å². The first-order valence-corrected chi connectivity index (χ1v) is 12.0. The molecular formula is C28H33F2N3O. The van der Waals surface area contributed by atoms with Gasteiger partial charge in [-0.3, -0.25) is 9.97 Å². The first-order chi connectivity index (χ1) is 16.3. The van der Waals surface area contributed by atoms with Crippen LogP contribution in [-0.4, -0.2) is 29.7 Å². The second kappa shape index (κ2) is 10.1. The Morgan fingerprint density at radius 2 is 1.74 bits per heavy atom. The van der Waals surface area contributed by atoms with Gasteiger partial charge in [0.05, 0.1) is 24.2 Å². The van der Waals surface area contributed by atoms with Crippen molar-refractivity contribution in [1.82, 2.24) is 9.97 Å². The second-order valence-electron chi connectivity index (χ2n) is 9.81. The zero-order valence-electron chi connectivity index (χ0n) is 20.5. The van der Waals surface area contributed by atoms with Crippen molar-refractivity contribution in [3.8, 4) is 17.0 Å². The van der Waals surface area contributed by atoms with Crippen molar-refractivity contribution in [2.75, 3.05) is 24.6 Å². The molecule has 34 heavy (non-hydrogen) atoms. The number of hydrogen-bond donors (Lipinski definition) is 0. The lowest BCUT2D eigenvalue weighted by atomic mass is 9.82. The van der Waals surface area contributed by atoms with E-state index in [0.29, 0.717) is 17.5 Å². The van der Waals surface area contributed by atoms with Crippen LogP contribution in [0.15, 0.2) is 42.7 Å². The molecule has 1 saturated heterocycles. The summed E-state index contributed by atoms with van der Waals surface area (Å²) in [4.78, 5) is 11.6. The summed E-state index contributed by atoms with van der Waals surface area (Å²) in [6.45, 7) is 11.0. The molecule has 1 fully saturated rings. The largest absolute Gasteiger partial charge is 0.489 e. The van der Waals surface area contributed by atoms with Crippen molar-refractivity contribution >= 4 is 5.69 Å². The van der Waals surface area contributed by atoms with E-state index in [4.69, 9.17) is 4.74 Å². The van der Waals surface area contributed by atoms with Gasteiger partial charge >= 0.3 is 0 Å². The third-order valence-electron chi connectivity index (χ3n) is 6.81. The maximum Gasteiger partial charge on any atom is 0.173 e. The van der Waals surface area contributed by atoms with Crippen LogP contribution >= 0.6 is 0 Å². The summed E-state index contributed by atoms with van der Waals surface area (Å²) in [7, 11) is 0. The number of halogens is 2. The van der Waals surface area contributed by atoms with Crippen LogP contribution in [0.1, 0.15) is 50.4 Å². The van der Waals surface area contributed by atoms with Gasteiger partial charge in [0, 0.05) is 43.0 Å². The summed E-state index contributed by atoms with van der Waals surface area (Å²) in [5, 5.41) is 0. The van der Waals surface area contributed by atoms with Crippen molar-refractivity contribution < 1.29 is 13.5 Å². The Balaban J connectivity index is 1.56. The summed E-state index contributed by atoms with van der Waals surface area (Å²) in [6, 6.07) is 7.67. The summed E-state index contributed by atoms with van der Waals surface area (Å²) >= 11 is 0. The number of aryl methyl sites for hydroxylation is 1. The molecule has 2 aromatic heterocycles. The molecule has 0 radical (unpaired) electrons. The summed E-state index contributed by atoms with van der Waals surface area (Å²) < 4.78 is 33.7. The third-order valence-corrected chi connectivity index (χ3v) is 6.81. The van der Waals surface area contributed by atoms with Gasteiger partial charge in [-0.05, 0) is 54.9 Å². The second-order valence-corrected chi connectivity index (χ2v) is 9.81. The number of pyridine rings is 2. The Morgan fingerprint density at radius 1 is 1.03 bits per heavy atom. The topological polar surface area (TPSA) is 38.3 Å². The van der Waals surface area contributed by atoms with E-state index in [-0.39, 0.29) is 18.2 Å². The van der Waals surface area contributed by atoms with Crippen molar-refractivity contribution in [2.45, 2.75) is 53.4 Å². The normalized spacial score (nSPS) is 15.4. The number of piperidine rings is 1. The van der Waals surface area contributed by atoms with Crippen molar-refractivity contribution in [1.29, 1.82) is 0 Å². The van der Waals surface area contributed by atoms with Gasteiger partial charge in [0.25, 0.3) is 0 Å². The number of hydrogen-bond acceptors (Lipinski definition) is 4. The van der Waals surface area contributed by atoms with E-state index in [2.05, 4.69) is 35.6 Å². The smallest absolute Gasteiger partial charge is 0.173 e. The molecule has 0 saturated carbocycles. The molecule has 3 aromatic rings. The predicted molar refractivity (Wildman–Crippen MR) is 132 cm³/mol. The van der Waals surface area contributed by atoms with E-state index < -0.39 is 5.82 Å². The van der Waals surface area contributed by atoms with Crippen LogP contribution in [0.5, 0.6) is 5.75 Å². The molecule has 0 atom stereocenters. The first kappa shape index (κ1) is 24.1. The quantitative estimate of drug-likeness (QED) is 0.397. The number of ether oxygens (including phenoxy) is 1. The number of nitrogens with zero attached hydrogens (tertiary/aromatic N) is 3. The van der Waals surface area contributed by atoms with Crippen molar-refractivity contribution in [3.05, 3.63) is 71.2 Å². The van der Waals surface area contributed by atoms with Gasteiger partial charge in [0.2, 0.25) is 0 Å². The lowest BCUT2D eigenvalue weighted by Gasteiger charge is -2.40. The monoisotopic (exact) mass is 465 g/mol. The number of benzene rings is 1. The molecule has 180 valence electrons. The Bertz CT molecular complexity index is 1140. The Morgan fingerprint density at radius 3 is 2.38 bits per heavy atom. The molecule has 0 spiro atoms. The van der Waals surface area contributed by atoms with Gasteiger partial charge in [-0.2, -0.15) is 0 Å². The first-order valence-electron chi connectivity index (χ1n) is 12.0. The predicted octanol–water partition coefficient (Wildman–Crippen LogP) is 6.54. The van der Waals surface area contributed by atoms with E-state index in [1.165, 1.54) is 30.0 Å². The van der Waals surface area contributed by atoms with Crippen LogP contribution in [0.25, 0.3) is 11.3 Å². The Labute approximate surface area is 201 Å². The van der Waals surface area contributed by atoms with Crippen LogP contribution in [0, 0.1) is 24.0 Å². The van der Waals surface area contributed by atoms with Gasteiger partial charge in [-0.1, -0.05) is 32.9 Å². The molecule has 4 nitrogen and oxygen atoms in total. The number of aromatic nitrogens is 2. The minimum atomic E-state index is -0.451. The average Bonchev–Trinajstić information content (AvgIpc) is 2.81. The van der Waals surface area contributed by atoms with Crippen molar-refractivity contribution in [3.63, 3.8) is 0 Å². The van der Waals surface area contributed by atoms with Crippen LogP contribution in [0.4, 0.5) is 14.5 Å². The summed E-state index contributed by atoms with van der Waals surface area (Å²) in [6.07, 6.45) is 6.90. The molecule has 1 aromatic carbocycles. The third kappa shape index (κ3) is 5.37. The lowest BCUT2D eigenvalue weighted by Crippen LogP contribution is -2.38. The van der Waals surface area contributed by atoms with Crippen LogP contribution in [0.3, 0.4) is 0 Å². The Hall–Kier alpha value is -3.02. The van der Waals surface area contributed by atoms with E-state index in [1.807, 2.05) is 13.1 Å². The molecule has 1 aliphatic rings. The molecule has 0 bridgehead atoms. The highest BCUT2D eigenvalue weighted by Crippen LogP contribution is 2.39. The summed E-state index contributed by atoms with van der Waals surface area (Å²) in [5.74, 6) is -0.615. The summed E-state index contributed by atoms with van der Waals surface area (Å²) in [5.41, 5.74) is 6.01. The fourth-order valence-corrected chi connectivity index (χ4v) is 4.54. The molecule has 4 rings (SSSR count). The highest BCUT2D eigenvalue weighted by atomic mass is 19.1. The number of anilines is 1. The van der Waals surface area contributed by atoms with Crippen LogP contribution in [0.2, 0.25) is 0 Å². The molecule has 6 heteroatoms. The van der Waals surface area contributed by atoms with E-state index in [9.17, 15) is 4.39 Å². The van der Waals surface area contributed by atoms with Crippen molar-refractivity contribution in [2.24, 2.45) is 5.41 Å². The SMILES string of the molecule is CCc1c(C)ncc(-c2cc(F)c(OCCc3ccc(F)cc3)cn2)c1N1CCC(C)(C)CC1. The molecular weight excluding hydrogens is 432 g/mol. The average molecular weight is 466 g/mol. The zero-order valence-corrected chi connectivity index (χ0v) is 20.5.